The number of amides is 2. The number of carbonyl (C=O) groups is 2. The summed E-state index contributed by atoms with van der Waals surface area (Å²) in [5, 5.41) is 5.54. The SMILES string of the molecule is O=C(NCCc1ccc(F)cc1)C(=O)Nc1ccc(Cl)c(Cl)c1. The predicted octanol–water partition coefficient (Wildman–Crippen LogP) is 3.43. The number of rotatable bonds is 4. The van der Waals surface area contributed by atoms with Gasteiger partial charge < -0.3 is 10.6 Å². The van der Waals surface area contributed by atoms with Crippen molar-refractivity contribution in [3.8, 4) is 0 Å². The predicted molar refractivity (Wildman–Crippen MR) is 88.2 cm³/mol. The minimum atomic E-state index is -0.803. The molecule has 2 aromatic carbocycles. The summed E-state index contributed by atoms with van der Waals surface area (Å²) in [6.07, 6.45) is 0.492. The highest BCUT2D eigenvalue weighted by Gasteiger charge is 2.13. The van der Waals surface area contributed by atoms with Crippen molar-refractivity contribution < 1.29 is 14.0 Å². The van der Waals surface area contributed by atoms with E-state index in [1.165, 1.54) is 30.3 Å². The van der Waals surface area contributed by atoms with Gasteiger partial charge in [-0.3, -0.25) is 9.59 Å². The van der Waals surface area contributed by atoms with Crippen LogP contribution in [0.2, 0.25) is 10.0 Å². The second-order valence-electron chi connectivity index (χ2n) is 4.72. The Morgan fingerprint density at radius 2 is 1.65 bits per heavy atom. The molecule has 0 saturated heterocycles. The minimum Gasteiger partial charge on any atom is -0.347 e. The summed E-state index contributed by atoms with van der Waals surface area (Å²) in [6.45, 7) is 0.263. The van der Waals surface area contributed by atoms with E-state index in [4.69, 9.17) is 23.2 Å². The van der Waals surface area contributed by atoms with E-state index in [0.717, 1.165) is 5.56 Å². The first-order chi connectivity index (χ1) is 11.0. The van der Waals surface area contributed by atoms with E-state index >= 15 is 0 Å². The molecule has 2 N–H and O–H groups in total. The Balaban J connectivity index is 1.81. The van der Waals surface area contributed by atoms with Gasteiger partial charge in [-0.2, -0.15) is 0 Å². The van der Waals surface area contributed by atoms with Crippen LogP contribution in [-0.4, -0.2) is 18.4 Å². The van der Waals surface area contributed by atoms with Gasteiger partial charge in [0, 0.05) is 12.2 Å². The van der Waals surface area contributed by atoms with Crippen molar-refractivity contribution in [3.05, 3.63) is 63.9 Å². The Bertz CT molecular complexity index is 721. The molecule has 0 heterocycles. The number of nitrogens with one attached hydrogen (secondary N) is 2. The zero-order valence-corrected chi connectivity index (χ0v) is 13.4. The molecule has 0 unspecified atom stereocenters. The molecule has 23 heavy (non-hydrogen) atoms. The molecule has 0 aliphatic carbocycles. The number of benzene rings is 2. The normalized spacial score (nSPS) is 10.2. The summed E-state index contributed by atoms with van der Waals surface area (Å²) < 4.78 is 12.8. The topological polar surface area (TPSA) is 58.2 Å². The lowest BCUT2D eigenvalue weighted by atomic mass is 10.1. The third kappa shape index (κ3) is 5.23. The molecule has 0 atom stereocenters. The molecule has 0 spiro atoms. The summed E-state index contributed by atoms with van der Waals surface area (Å²) in [5.41, 5.74) is 1.23. The van der Waals surface area contributed by atoms with Gasteiger partial charge in [-0.05, 0) is 42.3 Å². The highest BCUT2D eigenvalue weighted by atomic mass is 35.5. The van der Waals surface area contributed by atoms with Gasteiger partial charge in [0.15, 0.2) is 0 Å². The highest BCUT2D eigenvalue weighted by molar-refractivity contribution is 6.42. The Morgan fingerprint density at radius 3 is 2.30 bits per heavy atom. The average Bonchev–Trinajstić information content (AvgIpc) is 2.52. The Labute approximate surface area is 142 Å². The van der Waals surface area contributed by atoms with E-state index in [2.05, 4.69) is 10.6 Å². The van der Waals surface area contributed by atoms with Crippen LogP contribution in [0, 0.1) is 5.82 Å². The van der Waals surface area contributed by atoms with Crippen LogP contribution in [0.5, 0.6) is 0 Å². The minimum absolute atomic E-state index is 0.263. The fourth-order valence-corrected chi connectivity index (χ4v) is 2.11. The van der Waals surface area contributed by atoms with Gasteiger partial charge in [0.05, 0.1) is 10.0 Å². The summed E-state index contributed by atoms with van der Waals surface area (Å²) in [6, 6.07) is 10.4. The van der Waals surface area contributed by atoms with Crippen molar-refractivity contribution >= 4 is 40.7 Å². The molecule has 2 amide bonds. The van der Waals surface area contributed by atoms with Gasteiger partial charge in [-0.1, -0.05) is 35.3 Å². The molecule has 2 rings (SSSR count). The van der Waals surface area contributed by atoms with Crippen molar-refractivity contribution in [2.45, 2.75) is 6.42 Å². The quantitative estimate of drug-likeness (QED) is 0.826. The molecule has 0 saturated carbocycles. The number of hydrogen-bond acceptors (Lipinski definition) is 2. The first-order valence-electron chi connectivity index (χ1n) is 6.74. The maximum Gasteiger partial charge on any atom is 0.313 e. The van der Waals surface area contributed by atoms with Crippen LogP contribution in [0.25, 0.3) is 0 Å². The van der Waals surface area contributed by atoms with Gasteiger partial charge in [0.2, 0.25) is 0 Å². The number of anilines is 1. The second kappa shape index (κ2) is 7.94. The van der Waals surface area contributed by atoms with Crippen LogP contribution in [0.3, 0.4) is 0 Å². The summed E-state index contributed by atoms with van der Waals surface area (Å²) in [4.78, 5) is 23.4. The monoisotopic (exact) mass is 354 g/mol. The standard InChI is InChI=1S/C16H13Cl2FN2O2/c17-13-6-5-12(9-14(13)18)21-16(23)15(22)20-8-7-10-1-3-11(19)4-2-10/h1-6,9H,7-8H2,(H,20,22)(H,21,23). The molecule has 0 bridgehead atoms. The summed E-state index contributed by atoms with van der Waals surface area (Å²) in [7, 11) is 0. The number of hydrogen-bond donors (Lipinski definition) is 2. The van der Waals surface area contributed by atoms with Crippen molar-refractivity contribution in [2.75, 3.05) is 11.9 Å². The lowest BCUT2D eigenvalue weighted by Crippen LogP contribution is -2.36. The summed E-state index contributed by atoms with van der Waals surface area (Å²) in [5.74, 6) is -1.89. The Kier molecular flexibility index (Phi) is 5.96. The zero-order chi connectivity index (χ0) is 16.8. The zero-order valence-electron chi connectivity index (χ0n) is 11.9. The molecule has 2 aromatic rings. The maximum atomic E-state index is 12.8. The van der Waals surface area contributed by atoms with Crippen LogP contribution in [-0.2, 0) is 16.0 Å². The van der Waals surface area contributed by atoms with Crippen LogP contribution in [0.1, 0.15) is 5.56 Å². The molecular weight excluding hydrogens is 342 g/mol. The third-order valence-corrected chi connectivity index (χ3v) is 3.74. The average molecular weight is 355 g/mol. The van der Waals surface area contributed by atoms with Gasteiger partial charge >= 0.3 is 11.8 Å². The van der Waals surface area contributed by atoms with Crippen LogP contribution < -0.4 is 10.6 Å². The third-order valence-electron chi connectivity index (χ3n) is 3.00. The largest absolute Gasteiger partial charge is 0.347 e. The molecule has 0 radical (unpaired) electrons. The molecule has 4 nitrogen and oxygen atoms in total. The van der Waals surface area contributed by atoms with Crippen LogP contribution >= 0.6 is 23.2 Å². The molecule has 0 aromatic heterocycles. The lowest BCUT2D eigenvalue weighted by Gasteiger charge is -2.07. The van der Waals surface area contributed by atoms with Crippen molar-refractivity contribution in [3.63, 3.8) is 0 Å². The van der Waals surface area contributed by atoms with E-state index < -0.39 is 11.8 Å². The van der Waals surface area contributed by atoms with Gasteiger partial charge in [0.1, 0.15) is 5.82 Å². The van der Waals surface area contributed by atoms with E-state index in [0.29, 0.717) is 17.1 Å². The fourth-order valence-electron chi connectivity index (χ4n) is 1.81. The van der Waals surface area contributed by atoms with Crippen molar-refractivity contribution in [1.82, 2.24) is 5.32 Å². The van der Waals surface area contributed by atoms with Crippen LogP contribution in [0.15, 0.2) is 42.5 Å². The smallest absolute Gasteiger partial charge is 0.313 e. The Hall–Kier alpha value is -2.11. The highest BCUT2D eigenvalue weighted by Crippen LogP contribution is 2.24. The van der Waals surface area contributed by atoms with Crippen LogP contribution in [0.4, 0.5) is 10.1 Å². The second-order valence-corrected chi connectivity index (χ2v) is 5.53. The molecule has 0 fully saturated rings. The number of carbonyl (C=O) groups excluding carboxylic acids is 2. The first-order valence-corrected chi connectivity index (χ1v) is 7.50. The lowest BCUT2D eigenvalue weighted by molar-refractivity contribution is -0.136. The van der Waals surface area contributed by atoms with Gasteiger partial charge in [0.25, 0.3) is 0 Å². The first kappa shape index (κ1) is 17.2. The van der Waals surface area contributed by atoms with Gasteiger partial charge in [-0.15, -0.1) is 0 Å². The molecule has 0 aliphatic heterocycles. The van der Waals surface area contributed by atoms with E-state index in [-0.39, 0.29) is 17.4 Å². The van der Waals surface area contributed by atoms with Gasteiger partial charge in [-0.25, -0.2) is 4.39 Å². The van der Waals surface area contributed by atoms with E-state index in [9.17, 15) is 14.0 Å². The fraction of sp³-hybridized carbons (Fsp3) is 0.125. The molecule has 120 valence electrons. The number of halogens is 3. The molecule has 0 aliphatic rings. The molecular formula is C16H13Cl2FN2O2. The molecule has 7 heteroatoms. The van der Waals surface area contributed by atoms with Crippen molar-refractivity contribution in [1.29, 1.82) is 0 Å². The van der Waals surface area contributed by atoms with E-state index in [1.54, 1.807) is 12.1 Å². The maximum absolute atomic E-state index is 12.8. The van der Waals surface area contributed by atoms with Crippen molar-refractivity contribution in [2.24, 2.45) is 0 Å². The Morgan fingerprint density at radius 1 is 0.957 bits per heavy atom. The van der Waals surface area contributed by atoms with E-state index in [1.807, 2.05) is 0 Å². The summed E-state index contributed by atoms with van der Waals surface area (Å²) >= 11 is 11.6.